The number of nitrogens with zero attached hydrogens (tertiary/aromatic N) is 2. The normalized spacial score (nSPS) is 12.6. The van der Waals surface area contributed by atoms with E-state index in [0.717, 1.165) is 51.6 Å². The molecule has 0 atom stereocenters. The highest BCUT2D eigenvalue weighted by atomic mass is 19.4. The highest BCUT2D eigenvalue weighted by molar-refractivity contribution is 5.96. The average Bonchev–Trinajstić information content (AvgIpc) is 3.20. The maximum atomic E-state index is 13.0. The number of amides is 2. The third kappa shape index (κ3) is 16.4. The van der Waals surface area contributed by atoms with Gasteiger partial charge in [-0.3, -0.25) is 24.1 Å². The first-order valence-electron chi connectivity index (χ1n) is 18.6. The van der Waals surface area contributed by atoms with Crippen molar-refractivity contribution in [1.82, 2.24) is 15.5 Å². The van der Waals surface area contributed by atoms with Crippen LogP contribution in [0.5, 0.6) is 0 Å². The molecule has 1 aliphatic heterocycles. The molecule has 4 N–H and O–H groups in total. The van der Waals surface area contributed by atoms with Crippen LogP contribution in [-0.2, 0) is 28.6 Å². The number of hydrogen-bond acceptors (Lipinski definition) is 6. The van der Waals surface area contributed by atoms with E-state index in [1.165, 1.54) is 48.1 Å². The van der Waals surface area contributed by atoms with Gasteiger partial charge in [0, 0.05) is 49.5 Å². The van der Waals surface area contributed by atoms with Crippen LogP contribution in [0.25, 0.3) is 0 Å². The van der Waals surface area contributed by atoms with Crippen molar-refractivity contribution in [2.24, 2.45) is 0 Å². The molecule has 1 aliphatic rings. The summed E-state index contributed by atoms with van der Waals surface area (Å²) in [7, 11) is 0. The van der Waals surface area contributed by atoms with Gasteiger partial charge in [-0.05, 0) is 85.3 Å². The van der Waals surface area contributed by atoms with Crippen molar-refractivity contribution in [3.8, 4) is 0 Å². The minimum absolute atomic E-state index is 0.353. The van der Waals surface area contributed by atoms with Crippen LogP contribution in [-0.4, -0.2) is 84.7 Å². The van der Waals surface area contributed by atoms with Gasteiger partial charge in [0.1, 0.15) is 13.1 Å². The Kier molecular flexibility index (Phi) is 18.6. The predicted octanol–water partition coefficient (Wildman–Crippen LogP) is 7.11. The summed E-state index contributed by atoms with van der Waals surface area (Å²) in [6, 6.07) is 29.4. The van der Waals surface area contributed by atoms with E-state index >= 15 is 0 Å². The van der Waals surface area contributed by atoms with E-state index in [4.69, 9.17) is 10.2 Å². The van der Waals surface area contributed by atoms with E-state index in [2.05, 4.69) is 52.5 Å². The largest absolute Gasteiger partial charge is 0.480 e. The number of benzene rings is 4. The molecule has 0 bridgehead atoms. The van der Waals surface area contributed by atoms with Crippen LogP contribution in [0.3, 0.4) is 0 Å². The van der Waals surface area contributed by atoms with Crippen molar-refractivity contribution in [1.29, 1.82) is 0 Å². The van der Waals surface area contributed by atoms with Gasteiger partial charge >= 0.3 is 18.1 Å². The average molecular weight is 777 g/mol. The maximum Gasteiger partial charge on any atom is 0.416 e. The van der Waals surface area contributed by atoms with E-state index in [-0.39, 0.29) is 24.9 Å². The lowest BCUT2D eigenvalue weighted by atomic mass is 9.98. The number of hydrogen-bond donors (Lipinski definition) is 4. The van der Waals surface area contributed by atoms with Crippen LogP contribution >= 0.6 is 0 Å². The quantitative estimate of drug-likeness (QED) is 0.0995. The van der Waals surface area contributed by atoms with Crippen LogP contribution in [0, 0.1) is 6.92 Å². The molecule has 4 aromatic rings. The minimum Gasteiger partial charge on any atom is -0.480 e. The number of aliphatic carboxylic acids is 2. The van der Waals surface area contributed by atoms with Crippen molar-refractivity contribution >= 4 is 29.4 Å². The highest BCUT2D eigenvalue weighted by Gasteiger charge is 2.31. The molecule has 0 unspecified atom stereocenters. The molecule has 300 valence electrons. The fourth-order valence-electron chi connectivity index (χ4n) is 5.81. The van der Waals surface area contributed by atoms with Gasteiger partial charge < -0.3 is 25.7 Å². The van der Waals surface area contributed by atoms with Gasteiger partial charge in [0.2, 0.25) is 0 Å². The number of aryl methyl sites for hydroxylation is 2. The third-order valence-electron chi connectivity index (χ3n) is 8.96. The Bertz CT molecular complexity index is 1770. The molecule has 0 radical (unpaired) electrons. The van der Waals surface area contributed by atoms with Crippen LogP contribution in [0.15, 0.2) is 103 Å². The number of piperazine rings is 1. The smallest absolute Gasteiger partial charge is 0.416 e. The Morgan fingerprint density at radius 1 is 0.679 bits per heavy atom. The Morgan fingerprint density at radius 3 is 1.73 bits per heavy atom. The fraction of sp³-hybridized carbons (Fsp3) is 0.349. The molecule has 2 amide bonds. The van der Waals surface area contributed by atoms with Gasteiger partial charge in [0.25, 0.3) is 11.8 Å². The molecule has 0 saturated carbocycles. The number of carbonyl (C=O) groups is 4. The molecule has 0 spiro atoms. The van der Waals surface area contributed by atoms with E-state index < -0.39 is 23.7 Å². The molecule has 5 rings (SSSR count). The molecule has 1 fully saturated rings. The second-order valence-corrected chi connectivity index (χ2v) is 13.2. The van der Waals surface area contributed by atoms with Crippen molar-refractivity contribution in [3.05, 3.63) is 137 Å². The first-order chi connectivity index (χ1) is 26.8. The number of nitrogens with one attached hydrogen (secondary N) is 2. The summed E-state index contributed by atoms with van der Waals surface area (Å²) in [5, 5.41) is 21.1. The van der Waals surface area contributed by atoms with Gasteiger partial charge in [-0.2, -0.15) is 13.2 Å². The number of anilines is 1. The van der Waals surface area contributed by atoms with Gasteiger partial charge in [0.15, 0.2) is 0 Å². The second-order valence-electron chi connectivity index (χ2n) is 13.2. The minimum atomic E-state index is -4.29. The van der Waals surface area contributed by atoms with Gasteiger partial charge in [0.05, 0.1) is 5.56 Å². The standard InChI is InChI=1S/C25H33F3N2.2C9H9NO3/c1-3-4-5-7-22-18-21(11-10-20(22)2)12-13-29-14-16-30(17-15-29)24-9-6-8-23(19-24)25(26,27)28;2*11-8(12)6-10-9(13)7-4-2-1-3-5-7/h6,8-11,18-19H,3-5,7,12-17H2,1-2H3;2*1-5H,6H2,(H,10,13)(H,11,12). The monoisotopic (exact) mass is 776 g/mol. The van der Waals surface area contributed by atoms with E-state index in [9.17, 15) is 32.3 Å². The summed E-state index contributed by atoms with van der Waals surface area (Å²) in [4.78, 5) is 47.1. The van der Waals surface area contributed by atoms with Crippen LogP contribution in [0.4, 0.5) is 18.9 Å². The Labute approximate surface area is 326 Å². The second kappa shape index (κ2) is 23.3. The zero-order valence-electron chi connectivity index (χ0n) is 31.9. The SMILES string of the molecule is CCCCCc1cc(CCN2CCN(c3cccc(C(F)(F)F)c3)CC2)ccc1C.O=C(O)CNC(=O)c1ccccc1.O=C(O)CNC(=O)c1ccccc1. The summed E-state index contributed by atoms with van der Waals surface area (Å²) >= 11 is 0. The lowest BCUT2D eigenvalue weighted by molar-refractivity contribution is -0.138. The summed E-state index contributed by atoms with van der Waals surface area (Å²) in [6.07, 6.45) is 1.65. The molecule has 0 aromatic heterocycles. The Hall–Kier alpha value is -5.69. The zero-order valence-corrected chi connectivity index (χ0v) is 31.9. The van der Waals surface area contributed by atoms with Crippen LogP contribution in [0.1, 0.15) is 69.2 Å². The number of unbranched alkanes of at least 4 members (excludes halogenated alkanes) is 2. The van der Waals surface area contributed by atoms with Gasteiger partial charge in [-0.1, -0.05) is 80.4 Å². The van der Waals surface area contributed by atoms with E-state index in [1.807, 2.05) is 0 Å². The molecule has 56 heavy (non-hydrogen) atoms. The summed E-state index contributed by atoms with van der Waals surface area (Å²) in [5.41, 5.74) is 5.25. The molecule has 4 aromatic carbocycles. The number of carboxylic acids is 2. The van der Waals surface area contributed by atoms with Crippen LogP contribution < -0.4 is 15.5 Å². The summed E-state index contributed by atoms with van der Waals surface area (Å²) in [6.45, 7) is 8.00. The molecule has 13 heteroatoms. The molecule has 10 nitrogen and oxygen atoms in total. The Balaban J connectivity index is 0.000000266. The number of carbonyl (C=O) groups excluding carboxylic acids is 2. The number of rotatable bonds is 14. The number of carboxylic acid groups (broad SMARTS) is 2. The molecular formula is C43H51F3N4O6. The van der Waals surface area contributed by atoms with Gasteiger partial charge in [-0.25, -0.2) is 0 Å². The maximum absolute atomic E-state index is 13.0. The van der Waals surface area contributed by atoms with Crippen molar-refractivity contribution in [2.75, 3.05) is 50.7 Å². The first kappa shape index (κ1) is 44.7. The van der Waals surface area contributed by atoms with Crippen LogP contribution in [0.2, 0.25) is 0 Å². The molecule has 0 aliphatic carbocycles. The van der Waals surface area contributed by atoms with Crippen molar-refractivity contribution in [2.45, 2.75) is 52.1 Å². The molecule has 1 saturated heterocycles. The fourth-order valence-corrected chi connectivity index (χ4v) is 5.81. The lowest BCUT2D eigenvalue weighted by Crippen LogP contribution is -2.47. The van der Waals surface area contributed by atoms with Crippen molar-refractivity contribution in [3.63, 3.8) is 0 Å². The summed E-state index contributed by atoms with van der Waals surface area (Å²) < 4.78 is 38.9. The topological polar surface area (TPSA) is 139 Å². The van der Waals surface area contributed by atoms with Crippen molar-refractivity contribution < 1.29 is 42.6 Å². The lowest BCUT2D eigenvalue weighted by Gasteiger charge is -2.36. The zero-order chi connectivity index (χ0) is 40.9. The Morgan fingerprint density at radius 2 is 1.23 bits per heavy atom. The predicted molar refractivity (Wildman–Crippen MR) is 211 cm³/mol. The third-order valence-corrected chi connectivity index (χ3v) is 8.96. The number of halogens is 3. The molecule has 1 heterocycles. The number of alkyl halides is 3. The first-order valence-corrected chi connectivity index (χ1v) is 18.6. The highest BCUT2D eigenvalue weighted by Crippen LogP contribution is 2.32. The summed E-state index contributed by atoms with van der Waals surface area (Å²) in [5.74, 6) is -2.85. The van der Waals surface area contributed by atoms with Gasteiger partial charge in [-0.15, -0.1) is 0 Å². The van der Waals surface area contributed by atoms with E-state index in [1.54, 1.807) is 66.7 Å². The van der Waals surface area contributed by atoms with E-state index in [0.29, 0.717) is 16.8 Å². The molecular weight excluding hydrogens is 725 g/mol.